The van der Waals surface area contributed by atoms with Gasteiger partial charge in [0, 0.05) is 18.1 Å². The molecule has 0 spiro atoms. The molecule has 1 N–H and O–H groups in total. The van der Waals surface area contributed by atoms with Crippen LogP contribution in [-0.2, 0) is 4.79 Å². The third kappa shape index (κ3) is 4.36. The molecule has 1 amide bonds. The molecule has 0 unspecified atom stereocenters. The number of carbonyl (C=O) groups is 1. The molecule has 0 aliphatic carbocycles. The predicted molar refractivity (Wildman–Crippen MR) is 72.8 cm³/mol. The molecule has 3 nitrogen and oxygen atoms in total. The zero-order chi connectivity index (χ0) is 12.8. The van der Waals surface area contributed by atoms with E-state index in [2.05, 4.69) is 5.32 Å². The average Bonchev–Trinajstić information content (AvgIpc) is 2.24. The van der Waals surface area contributed by atoms with Crippen LogP contribution in [0.4, 0.5) is 5.69 Å². The number of halogens is 1. The normalized spacial score (nSPS) is 10.6. The molecule has 0 atom stereocenters. The lowest BCUT2D eigenvalue weighted by atomic mass is 10.1. The Morgan fingerprint density at radius 3 is 2.47 bits per heavy atom. The van der Waals surface area contributed by atoms with Crippen LogP contribution in [0, 0.1) is 13.8 Å². The third-order valence-corrected chi connectivity index (χ3v) is 2.79. The van der Waals surface area contributed by atoms with E-state index in [1.165, 1.54) is 0 Å². The second-order valence-corrected chi connectivity index (χ2v) is 4.62. The maximum atomic E-state index is 11.8. The van der Waals surface area contributed by atoms with Gasteiger partial charge >= 0.3 is 0 Å². The molecule has 0 heterocycles. The number of alkyl halides is 1. The fourth-order valence-electron chi connectivity index (χ4n) is 1.66. The summed E-state index contributed by atoms with van der Waals surface area (Å²) in [4.78, 5) is 13.7. The van der Waals surface area contributed by atoms with Crippen molar-refractivity contribution in [2.75, 3.05) is 31.3 Å². The van der Waals surface area contributed by atoms with Crippen molar-refractivity contribution in [2.45, 2.75) is 13.8 Å². The Labute approximate surface area is 108 Å². The fourth-order valence-corrected chi connectivity index (χ4v) is 1.95. The minimum Gasteiger partial charge on any atom is -0.324 e. The minimum atomic E-state index is -0.00461. The zero-order valence-corrected chi connectivity index (χ0v) is 11.3. The largest absolute Gasteiger partial charge is 0.324 e. The standard InChI is InChI=1S/C13H19ClN2O/c1-10-5-4-6-11(2)13(10)15-12(17)9-16(3)8-7-14/h4-6H,7-9H2,1-3H3,(H,15,17). The molecule has 0 radical (unpaired) electrons. The van der Waals surface area contributed by atoms with Gasteiger partial charge < -0.3 is 5.32 Å². The van der Waals surface area contributed by atoms with Crippen molar-refractivity contribution >= 4 is 23.2 Å². The summed E-state index contributed by atoms with van der Waals surface area (Å²) in [6, 6.07) is 5.97. The lowest BCUT2D eigenvalue weighted by molar-refractivity contribution is -0.117. The summed E-state index contributed by atoms with van der Waals surface area (Å²) < 4.78 is 0. The second-order valence-electron chi connectivity index (χ2n) is 4.24. The molecule has 1 aromatic rings. The Morgan fingerprint density at radius 2 is 1.94 bits per heavy atom. The number of nitrogens with one attached hydrogen (secondary N) is 1. The summed E-state index contributed by atoms with van der Waals surface area (Å²) in [6.45, 7) is 5.05. The molecule has 0 bridgehead atoms. The van der Waals surface area contributed by atoms with Crippen LogP contribution in [0.3, 0.4) is 0 Å². The number of para-hydroxylation sites is 1. The van der Waals surface area contributed by atoms with Gasteiger partial charge in [-0.15, -0.1) is 11.6 Å². The first kappa shape index (κ1) is 14.0. The summed E-state index contributed by atoms with van der Waals surface area (Å²) in [5, 5.41) is 2.94. The van der Waals surface area contributed by atoms with E-state index >= 15 is 0 Å². The highest BCUT2D eigenvalue weighted by atomic mass is 35.5. The van der Waals surface area contributed by atoms with Crippen LogP contribution in [0.25, 0.3) is 0 Å². The highest BCUT2D eigenvalue weighted by Crippen LogP contribution is 2.19. The van der Waals surface area contributed by atoms with E-state index in [4.69, 9.17) is 11.6 Å². The number of hydrogen-bond donors (Lipinski definition) is 1. The first-order valence-corrected chi connectivity index (χ1v) is 6.18. The molecule has 94 valence electrons. The smallest absolute Gasteiger partial charge is 0.238 e. The number of benzene rings is 1. The van der Waals surface area contributed by atoms with Gasteiger partial charge in [0.1, 0.15) is 0 Å². The average molecular weight is 255 g/mol. The van der Waals surface area contributed by atoms with E-state index in [1.807, 2.05) is 44.0 Å². The van der Waals surface area contributed by atoms with Crippen LogP contribution < -0.4 is 5.32 Å². The van der Waals surface area contributed by atoms with Gasteiger partial charge in [0.2, 0.25) is 5.91 Å². The van der Waals surface area contributed by atoms with E-state index in [0.717, 1.165) is 16.8 Å². The van der Waals surface area contributed by atoms with E-state index in [-0.39, 0.29) is 5.91 Å². The summed E-state index contributed by atoms with van der Waals surface area (Å²) >= 11 is 5.62. The van der Waals surface area contributed by atoms with Crippen molar-refractivity contribution in [1.29, 1.82) is 0 Å². The van der Waals surface area contributed by atoms with Crippen LogP contribution in [-0.4, -0.2) is 36.8 Å². The lowest BCUT2D eigenvalue weighted by Gasteiger charge is -2.16. The first-order chi connectivity index (χ1) is 8.04. The number of amides is 1. The molecule has 0 fully saturated rings. The SMILES string of the molecule is Cc1cccc(C)c1NC(=O)CN(C)CCCl. The number of aryl methyl sites for hydroxylation is 2. The molecule has 0 aliphatic heterocycles. The van der Waals surface area contributed by atoms with E-state index in [0.29, 0.717) is 19.0 Å². The van der Waals surface area contributed by atoms with Gasteiger partial charge in [0.05, 0.1) is 6.54 Å². The molecule has 0 saturated carbocycles. The van der Waals surface area contributed by atoms with Crippen LogP contribution in [0.5, 0.6) is 0 Å². The quantitative estimate of drug-likeness (QED) is 0.819. The lowest BCUT2D eigenvalue weighted by Crippen LogP contribution is -2.31. The van der Waals surface area contributed by atoms with E-state index < -0.39 is 0 Å². The van der Waals surface area contributed by atoms with Gasteiger partial charge in [0.25, 0.3) is 0 Å². The Kier molecular flexibility index (Phi) is 5.45. The number of carbonyl (C=O) groups excluding carboxylic acids is 1. The predicted octanol–water partition coefficient (Wildman–Crippen LogP) is 2.41. The first-order valence-electron chi connectivity index (χ1n) is 5.65. The molecule has 0 aliphatic rings. The molecule has 0 saturated heterocycles. The maximum absolute atomic E-state index is 11.8. The van der Waals surface area contributed by atoms with E-state index in [1.54, 1.807) is 0 Å². The number of rotatable bonds is 5. The Bertz CT molecular complexity index is 373. The zero-order valence-electron chi connectivity index (χ0n) is 10.6. The summed E-state index contributed by atoms with van der Waals surface area (Å²) in [5.41, 5.74) is 3.08. The molecule has 0 aromatic heterocycles. The molecular formula is C13H19ClN2O. The van der Waals surface area contributed by atoms with Crippen LogP contribution >= 0.6 is 11.6 Å². The van der Waals surface area contributed by atoms with Gasteiger partial charge in [-0.1, -0.05) is 18.2 Å². The van der Waals surface area contributed by atoms with Crippen molar-refractivity contribution in [3.8, 4) is 0 Å². The number of likely N-dealkylation sites (N-methyl/N-ethyl adjacent to an activating group) is 1. The van der Waals surface area contributed by atoms with Crippen molar-refractivity contribution in [1.82, 2.24) is 4.90 Å². The number of hydrogen-bond acceptors (Lipinski definition) is 2. The summed E-state index contributed by atoms with van der Waals surface area (Å²) in [6.07, 6.45) is 0. The Balaban J connectivity index is 2.62. The molecule has 1 aromatic carbocycles. The van der Waals surface area contributed by atoms with Crippen molar-refractivity contribution in [3.05, 3.63) is 29.3 Å². The highest BCUT2D eigenvalue weighted by Gasteiger charge is 2.09. The highest BCUT2D eigenvalue weighted by molar-refractivity contribution is 6.18. The van der Waals surface area contributed by atoms with Gasteiger partial charge in [-0.2, -0.15) is 0 Å². The molecule has 1 rings (SSSR count). The molecule has 17 heavy (non-hydrogen) atoms. The van der Waals surface area contributed by atoms with Crippen LogP contribution in [0.2, 0.25) is 0 Å². The molecular weight excluding hydrogens is 236 g/mol. The molecule has 4 heteroatoms. The maximum Gasteiger partial charge on any atom is 0.238 e. The number of anilines is 1. The summed E-state index contributed by atoms with van der Waals surface area (Å²) in [7, 11) is 1.88. The Hall–Kier alpha value is -1.06. The third-order valence-electron chi connectivity index (χ3n) is 2.63. The minimum absolute atomic E-state index is 0.00461. The van der Waals surface area contributed by atoms with Gasteiger partial charge in [-0.3, -0.25) is 9.69 Å². The van der Waals surface area contributed by atoms with Crippen molar-refractivity contribution < 1.29 is 4.79 Å². The van der Waals surface area contributed by atoms with Crippen LogP contribution in [0.15, 0.2) is 18.2 Å². The second kappa shape index (κ2) is 6.62. The van der Waals surface area contributed by atoms with Crippen molar-refractivity contribution in [2.24, 2.45) is 0 Å². The van der Waals surface area contributed by atoms with Gasteiger partial charge in [0.15, 0.2) is 0 Å². The fraction of sp³-hybridized carbons (Fsp3) is 0.462. The van der Waals surface area contributed by atoms with Gasteiger partial charge in [-0.05, 0) is 32.0 Å². The number of nitrogens with zero attached hydrogens (tertiary/aromatic N) is 1. The van der Waals surface area contributed by atoms with Gasteiger partial charge in [-0.25, -0.2) is 0 Å². The van der Waals surface area contributed by atoms with Crippen LogP contribution in [0.1, 0.15) is 11.1 Å². The Morgan fingerprint density at radius 1 is 1.35 bits per heavy atom. The van der Waals surface area contributed by atoms with Crippen molar-refractivity contribution in [3.63, 3.8) is 0 Å². The van der Waals surface area contributed by atoms with E-state index in [9.17, 15) is 4.79 Å². The topological polar surface area (TPSA) is 32.3 Å². The summed E-state index contributed by atoms with van der Waals surface area (Å²) in [5.74, 6) is 0.530. The monoisotopic (exact) mass is 254 g/mol.